The van der Waals surface area contributed by atoms with Crippen LogP contribution in [-0.2, 0) is 4.79 Å². The summed E-state index contributed by atoms with van der Waals surface area (Å²) in [5, 5.41) is 0.725. The second-order valence-electron chi connectivity index (χ2n) is 2.36. The van der Waals surface area contributed by atoms with Crippen LogP contribution in [0.4, 0.5) is 0 Å². The number of halogens is 1. The van der Waals surface area contributed by atoms with E-state index in [0.717, 1.165) is 16.9 Å². The first-order valence-electron chi connectivity index (χ1n) is 3.68. The highest BCUT2D eigenvalue weighted by atomic mass is 35.5. The van der Waals surface area contributed by atoms with E-state index in [4.69, 9.17) is 11.6 Å². The minimum absolute atomic E-state index is 0.461. The highest BCUT2D eigenvalue weighted by molar-refractivity contribution is 6.30. The Labute approximate surface area is 76.7 Å². The molecule has 0 aliphatic carbocycles. The Bertz CT molecular complexity index is 274. The monoisotopic (exact) mass is 180 g/mol. The smallest absolute Gasteiger partial charge is 0.123 e. The Kier molecular flexibility index (Phi) is 3.55. The van der Waals surface area contributed by atoms with Gasteiger partial charge in [0, 0.05) is 11.4 Å². The molecule has 2 heteroatoms. The van der Waals surface area contributed by atoms with Crippen molar-refractivity contribution in [3.63, 3.8) is 0 Å². The number of allylic oxidation sites excluding steroid dienone is 1. The molecular weight excluding hydrogens is 172 g/mol. The van der Waals surface area contributed by atoms with Gasteiger partial charge in [-0.15, -0.1) is 0 Å². The summed E-state index contributed by atoms with van der Waals surface area (Å²) in [6.45, 7) is 0. The van der Waals surface area contributed by atoms with Gasteiger partial charge in [-0.3, -0.25) is 0 Å². The lowest BCUT2D eigenvalue weighted by Gasteiger charge is -1.91. The summed E-state index contributed by atoms with van der Waals surface area (Å²) in [7, 11) is 0. The van der Waals surface area contributed by atoms with Crippen LogP contribution in [0.3, 0.4) is 0 Å². The van der Waals surface area contributed by atoms with Crippen molar-refractivity contribution in [2.45, 2.75) is 6.42 Å². The van der Waals surface area contributed by atoms with Gasteiger partial charge in [-0.2, -0.15) is 0 Å². The van der Waals surface area contributed by atoms with E-state index >= 15 is 0 Å². The van der Waals surface area contributed by atoms with E-state index in [1.165, 1.54) is 0 Å². The topological polar surface area (TPSA) is 17.1 Å². The zero-order valence-electron chi connectivity index (χ0n) is 6.53. The summed E-state index contributed by atoms with van der Waals surface area (Å²) in [5.74, 6) is 0. The maximum absolute atomic E-state index is 9.98. The van der Waals surface area contributed by atoms with Gasteiger partial charge in [0.25, 0.3) is 0 Å². The van der Waals surface area contributed by atoms with Gasteiger partial charge in [-0.25, -0.2) is 0 Å². The number of carbonyl (C=O) groups is 1. The van der Waals surface area contributed by atoms with Gasteiger partial charge >= 0.3 is 0 Å². The fourth-order valence-electron chi connectivity index (χ4n) is 0.834. The quantitative estimate of drug-likeness (QED) is 0.654. The summed E-state index contributed by atoms with van der Waals surface area (Å²) in [4.78, 5) is 9.98. The molecule has 1 rings (SSSR count). The maximum atomic E-state index is 9.98. The third kappa shape index (κ3) is 2.89. The summed E-state index contributed by atoms with van der Waals surface area (Å²) in [5.41, 5.74) is 1.06. The molecule has 0 atom stereocenters. The number of aldehydes is 1. The average molecular weight is 181 g/mol. The van der Waals surface area contributed by atoms with Crippen molar-refractivity contribution in [3.05, 3.63) is 40.9 Å². The van der Waals surface area contributed by atoms with Crippen molar-refractivity contribution in [3.8, 4) is 0 Å². The number of rotatable bonds is 3. The molecule has 0 fully saturated rings. The normalized spacial score (nSPS) is 10.4. The molecule has 0 bridgehead atoms. The summed E-state index contributed by atoms with van der Waals surface area (Å²) in [6.07, 6.45) is 5.04. The molecule has 0 N–H and O–H groups in total. The van der Waals surface area contributed by atoms with Crippen molar-refractivity contribution in [1.82, 2.24) is 0 Å². The molecule has 0 aliphatic rings. The molecule has 0 amide bonds. The van der Waals surface area contributed by atoms with Gasteiger partial charge in [0.2, 0.25) is 0 Å². The minimum Gasteiger partial charge on any atom is -0.303 e. The van der Waals surface area contributed by atoms with Gasteiger partial charge in [-0.05, 0) is 17.7 Å². The van der Waals surface area contributed by atoms with Gasteiger partial charge in [0.15, 0.2) is 0 Å². The van der Waals surface area contributed by atoms with Crippen LogP contribution in [0.25, 0.3) is 6.08 Å². The minimum atomic E-state index is 0.461. The van der Waals surface area contributed by atoms with Crippen LogP contribution in [0.2, 0.25) is 5.02 Å². The first kappa shape index (κ1) is 9.01. The Balaban J connectivity index is 2.64. The second kappa shape index (κ2) is 4.73. The van der Waals surface area contributed by atoms with Crippen molar-refractivity contribution >= 4 is 24.0 Å². The molecule has 0 heterocycles. The van der Waals surface area contributed by atoms with Crippen LogP contribution >= 0.6 is 11.6 Å². The second-order valence-corrected chi connectivity index (χ2v) is 2.79. The molecule has 62 valence electrons. The molecule has 0 radical (unpaired) electrons. The lowest BCUT2D eigenvalue weighted by Crippen LogP contribution is -1.71. The first-order valence-corrected chi connectivity index (χ1v) is 4.06. The maximum Gasteiger partial charge on any atom is 0.123 e. The predicted octanol–water partition coefficient (Wildman–Crippen LogP) is 2.94. The van der Waals surface area contributed by atoms with Crippen LogP contribution < -0.4 is 0 Å². The Hall–Kier alpha value is -1.08. The van der Waals surface area contributed by atoms with E-state index in [9.17, 15) is 4.79 Å². The van der Waals surface area contributed by atoms with E-state index in [0.29, 0.717) is 6.42 Å². The van der Waals surface area contributed by atoms with Gasteiger partial charge in [0.05, 0.1) is 0 Å². The zero-order valence-corrected chi connectivity index (χ0v) is 7.29. The van der Waals surface area contributed by atoms with E-state index in [-0.39, 0.29) is 0 Å². The molecule has 1 aromatic carbocycles. The fourth-order valence-corrected chi connectivity index (χ4v) is 0.960. The van der Waals surface area contributed by atoms with Gasteiger partial charge < -0.3 is 4.79 Å². The van der Waals surface area contributed by atoms with Crippen molar-refractivity contribution in [2.75, 3.05) is 0 Å². The lowest BCUT2D eigenvalue weighted by atomic mass is 10.2. The number of hydrogen-bond acceptors (Lipinski definition) is 1. The third-order valence-electron chi connectivity index (χ3n) is 1.41. The Morgan fingerprint density at radius 3 is 2.50 bits per heavy atom. The van der Waals surface area contributed by atoms with E-state index < -0.39 is 0 Å². The van der Waals surface area contributed by atoms with Crippen LogP contribution in [0.1, 0.15) is 12.0 Å². The molecule has 1 aromatic rings. The fraction of sp³-hybridized carbons (Fsp3) is 0.100. The van der Waals surface area contributed by atoms with Crippen molar-refractivity contribution < 1.29 is 4.79 Å². The predicted molar refractivity (Wildman–Crippen MR) is 51.2 cm³/mol. The Morgan fingerprint density at radius 1 is 1.25 bits per heavy atom. The van der Waals surface area contributed by atoms with Gasteiger partial charge in [-0.1, -0.05) is 35.9 Å². The van der Waals surface area contributed by atoms with Crippen molar-refractivity contribution in [1.29, 1.82) is 0 Å². The first-order chi connectivity index (χ1) is 5.83. The van der Waals surface area contributed by atoms with E-state index in [2.05, 4.69) is 0 Å². The zero-order chi connectivity index (χ0) is 8.81. The summed E-state index contributed by atoms with van der Waals surface area (Å²) >= 11 is 5.69. The molecule has 12 heavy (non-hydrogen) atoms. The summed E-state index contributed by atoms with van der Waals surface area (Å²) in [6, 6.07) is 7.46. The number of benzene rings is 1. The van der Waals surface area contributed by atoms with Crippen molar-refractivity contribution in [2.24, 2.45) is 0 Å². The van der Waals surface area contributed by atoms with Crippen LogP contribution in [-0.4, -0.2) is 6.29 Å². The summed E-state index contributed by atoms with van der Waals surface area (Å²) < 4.78 is 0. The van der Waals surface area contributed by atoms with Crippen LogP contribution in [0.15, 0.2) is 30.3 Å². The highest BCUT2D eigenvalue weighted by Gasteiger charge is 1.86. The molecule has 0 unspecified atom stereocenters. The average Bonchev–Trinajstić information content (AvgIpc) is 2.09. The Morgan fingerprint density at radius 2 is 1.92 bits per heavy atom. The van der Waals surface area contributed by atoms with Gasteiger partial charge in [0.1, 0.15) is 6.29 Å². The third-order valence-corrected chi connectivity index (χ3v) is 1.66. The van der Waals surface area contributed by atoms with Crippen LogP contribution in [0.5, 0.6) is 0 Å². The van der Waals surface area contributed by atoms with E-state index in [1.807, 2.05) is 36.4 Å². The van der Waals surface area contributed by atoms with E-state index in [1.54, 1.807) is 0 Å². The standard InChI is InChI=1S/C10H9ClO/c11-10-6-4-9(5-7-10)3-1-2-8-12/h1,3-8H,2H2/b3-1+. The molecular formula is C10H9ClO. The molecule has 0 saturated heterocycles. The molecule has 1 nitrogen and oxygen atoms in total. The highest BCUT2D eigenvalue weighted by Crippen LogP contribution is 2.10. The largest absolute Gasteiger partial charge is 0.303 e. The molecule has 0 aliphatic heterocycles. The molecule has 0 spiro atoms. The van der Waals surface area contributed by atoms with Crippen LogP contribution in [0, 0.1) is 0 Å². The number of carbonyl (C=O) groups excluding carboxylic acids is 1. The lowest BCUT2D eigenvalue weighted by molar-refractivity contribution is -0.107. The SMILES string of the molecule is O=CC/C=C/c1ccc(Cl)cc1. The molecule has 0 aromatic heterocycles. The molecule has 0 saturated carbocycles. The number of hydrogen-bond donors (Lipinski definition) is 0.